The van der Waals surface area contributed by atoms with E-state index in [0.717, 1.165) is 27.7 Å². The smallest absolute Gasteiger partial charge is 0.150 e. The van der Waals surface area contributed by atoms with E-state index in [1.807, 2.05) is 84.9 Å². The number of rotatable bonds is 7. The lowest BCUT2D eigenvalue weighted by Crippen LogP contribution is -2.18. The Hall–Kier alpha value is -4.06. The normalized spacial score (nSPS) is 11.4. The molecule has 4 N–H and O–H groups in total. The van der Waals surface area contributed by atoms with Gasteiger partial charge in [-0.05, 0) is 24.3 Å². The molecule has 0 spiro atoms. The van der Waals surface area contributed by atoms with Crippen LogP contribution in [-0.4, -0.2) is 10.8 Å². The number of para-hydroxylation sites is 1. The summed E-state index contributed by atoms with van der Waals surface area (Å²) in [6.45, 7) is 0.711. The lowest BCUT2D eigenvalue weighted by atomic mass is 10.1. The molecule has 0 saturated heterocycles. The van der Waals surface area contributed by atoms with Crippen LogP contribution in [-0.2, 0) is 13.2 Å². The maximum absolute atomic E-state index is 5.93. The van der Waals surface area contributed by atoms with Crippen molar-refractivity contribution in [2.75, 3.05) is 0 Å². The molecule has 4 rings (SSSR count). The largest absolute Gasteiger partial charge is 0.489 e. The SMILES string of the molecule is N/N=C(\N)c1ccccc1COc1cccc(OCc2ccc3ccccc3n2)c1. The molecule has 0 radical (unpaired) electrons. The van der Waals surface area contributed by atoms with Gasteiger partial charge in [-0.1, -0.05) is 54.6 Å². The van der Waals surface area contributed by atoms with Crippen LogP contribution in [0.1, 0.15) is 16.8 Å². The van der Waals surface area contributed by atoms with Crippen molar-refractivity contribution in [3.05, 3.63) is 102 Å². The zero-order valence-corrected chi connectivity index (χ0v) is 16.4. The van der Waals surface area contributed by atoms with E-state index < -0.39 is 0 Å². The zero-order valence-electron chi connectivity index (χ0n) is 16.4. The first-order valence-corrected chi connectivity index (χ1v) is 9.55. The molecule has 30 heavy (non-hydrogen) atoms. The van der Waals surface area contributed by atoms with Gasteiger partial charge in [0.05, 0.1) is 11.2 Å². The molecule has 4 aromatic rings. The van der Waals surface area contributed by atoms with Gasteiger partial charge in [-0.25, -0.2) is 4.98 Å². The molecule has 0 aliphatic rings. The molecule has 0 bridgehead atoms. The van der Waals surface area contributed by atoms with Gasteiger partial charge in [0, 0.05) is 22.6 Å². The average Bonchev–Trinajstić information content (AvgIpc) is 2.81. The molecular weight excluding hydrogens is 376 g/mol. The van der Waals surface area contributed by atoms with Gasteiger partial charge in [-0.2, -0.15) is 5.10 Å². The molecule has 0 aliphatic carbocycles. The Morgan fingerprint density at radius 3 is 2.37 bits per heavy atom. The highest BCUT2D eigenvalue weighted by Gasteiger charge is 2.07. The van der Waals surface area contributed by atoms with Crippen molar-refractivity contribution in [3.63, 3.8) is 0 Å². The molecule has 0 amide bonds. The first-order valence-electron chi connectivity index (χ1n) is 9.55. The number of nitrogens with zero attached hydrogens (tertiary/aromatic N) is 2. The minimum absolute atomic E-state index is 0.272. The van der Waals surface area contributed by atoms with Crippen LogP contribution in [0.15, 0.2) is 90.0 Å². The van der Waals surface area contributed by atoms with Gasteiger partial charge >= 0.3 is 0 Å². The number of aromatic nitrogens is 1. The fourth-order valence-corrected chi connectivity index (χ4v) is 3.13. The van der Waals surface area contributed by atoms with Crippen molar-refractivity contribution < 1.29 is 9.47 Å². The molecule has 0 unspecified atom stereocenters. The first-order chi connectivity index (χ1) is 14.7. The highest BCUT2D eigenvalue weighted by atomic mass is 16.5. The van der Waals surface area contributed by atoms with E-state index in [1.54, 1.807) is 0 Å². The summed E-state index contributed by atoms with van der Waals surface area (Å²) in [5.74, 6) is 6.98. The molecule has 3 aromatic carbocycles. The second-order valence-corrected chi connectivity index (χ2v) is 6.72. The second kappa shape index (κ2) is 8.96. The Morgan fingerprint density at radius 1 is 0.800 bits per heavy atom. The minimum Gasteiger partial charge on any atom is -0.489 e. The van der Waals surface area contributed by atoms with Gasteiger partial charge < -0.3 is 21.1 Å². The molecule has 0 atom stereocenters. The van der Waals surface area contributed by atoms with Crippen LogP contribution in [0.5, 0.6) is 11.5 Å². The number of hydrazone groups is 1. The standard InChI is InChI=1S/C24H22N4O2/c25-24(28-26)22-10-3-1-7-18(22)15-29-20-8-5-9-21(14-20)30-16-19-13-12-17-6-2-4-11-23(17)27-19/h1-14H,15-16,26H2,(H2,25,28). The molecule has 6 heteroatoms. The number of fused-ring (bicyclic) bond motifs is 1. The van der Waals surface area contributed by atoms with Crippen LogP contribution in [0.2, 0.25) is 0 Å². The van der Waals surface area contributed by atoms with E-state index in [2.05, 4.69) is 10.1 Å². The summed E-state index contributed by atoms with van der Waals surface area (Å²) < 4.78 is 11.8. The van der Waals surface area contributed by atoms with Crippen LogP contribution >= 0.6 is 0 Å². The molecule has 0 saturated carbocycles. The van der Waals surface area contributed by atoms with Gasteiger partial charge in [0.2, 0.25) is 0 Å². The lowest BCUT2D eigenvalue weighted by Gasteiger charge is -2.12. The molecule has 1 aromatic heterocycles. The molecule has 1 heterocycles. The van der Waals surface area contributed by atoms with Crippen molar-refractivity contribution in [1.82, 2.24) is 4.98 Å². The molecule has 150 valence electrons. The van der Waals surface area contributed by atoms with E-state index in [4.69, 9.17) is 21.1 Å². The highest BCUT2D eigenvalue weighted by molar-refractivity contribution is 5.98. The van der Waals surface area contributed by atoms with Crippen molar-refractivity contribution in [2.24, 2.45) is 16.7 Å². The van der Waals surface area contributed by atoms with Gasteiger partial charge in [-0.15, -0.1) is 0 Å². The number of nitrogens with two attached hydrogens (primary N) is 2. The number of hydrogen-bond donors (Lipinski definition) is 2. The lowest BCUT2D eigenvalue weighted by molar-refractivity contribution is 0.287. The van der Waals surface area contributed by atoms with E-state index >= 15 is 0 Å². The van der Waals surface area contributed by atoms with Crippen molar-refractivity contribution in [1.29, 1.82) is 0 Å². The van der Waals surface area contributed by atoms with Gasteiger partial charge in [-0.3, -0.25) is 0 Å². The molecule has 6 nitrogen and oxygen atoms in total. The van der Waals surface area contributed by atoms with Crippen molar-refractivity contribution in [3.8, 4) is 11.5 Å². The number of benzene rings is 3. The van der Waals surface area contributed by atoms with Gasteiger partial charge in [0.25, 0.3) is 0 Å². The third-order valence-corrected chi connectivity index (χ3v) is 4.68. The Bertz CT molecular complexity index is 1190. The Labute approximate surface area is 174 Å². The van der Waals surface area contributed by atoms with Gasteiger partial charge in [0.15, 0.2) is 5.84 Å². The minimum atomic E-state index is 0.272. The highest BCUT2D eigenvalue weighted by Crippen LogP contribution is 2.22. The Kier molecular flexibility index (Phi) is 5.75. The fraction of sp³-hybridized carbons (Fsp3) is 0.0833. The van der Waals surface area contributed by atoms with Crippen LogP contribution in [0.3, 0.4) is 0 Å². The summed E-state index contributed by atoms with van der Waals surface area (Å²) in [6.07, 6.45) is 0. The Balaban J connectivity index is 1.42. The fourth-order valence-electron chi connectivity index (χ4n) is 3.13. The number of pyridine rings is 1. The predicted molar refractivity (Wildman–Crippen MR) is 118 cm³/mol. The molecule has 0 fully saturated rings. The topological polar surface area (TPSA) is 95.8 Å². The maximum atomic E-state index is 5.93. The third-order valence-electron chi connectivity index (χ3n) is 4.68. The van der Waals surface area contributed by atoms with Crippen molar-refractivity contribution >= 4 is 16.7 Å². The summed E-state index contributed by atoms with van der Waals surface area (Å²) in [7, 11) is 0. The van der Waals surface area contributed by atoms with Crippen LogP contribution in [0, 0.1) is 0 Å². The van der Waals surface area contributed by atoms with E-state index in [1.165, 1.54) is 0 Å². The van der Waals surface area contributed by atoms with Crippen LogP contribution in [0.25, 0.3) is 10.9 Å². The van der Waals surface area contributed by atoms with Crippen LogP contribution < -0.4 is 21.1 Å². The van der Waals surface area contributed by atoms with E-state index in [0.29, 0.717) is 24.7 Å². The third kappa shape index (κ3) is 4.50. The summed E-state index contributed by atoms with van der Waals surface area (Å²) >= 11 is 0. The van der Waals surface area contributed by atoms with E-state index in [-0.39, 0.29) is 5.84 Å². The molecular formula is C24H22N4O2. The quantitative estimate of drug-likeness (QED) is 0.213. The first kappa shape index (κ1) is 19.3. The summed E-state index contributed by atoms with van der Waals surface area (Å²) in [4.78, 5) is 4.63. The summed E-state index contributed by atoms with van der Waals surface area (Å²) in [6, 6.07) is 27.1. The summed E-state index contributed by atoms with van der Waals surface area (Å²) in [5.41, 5.74) is 9.34. The zero-order chi connectivity index (χ0) is 20.8. The number of hydrogen-bond acceptors (Lipinski definition) is 5. The van der Waals surface area contributed by atoms with Crippen LogP contribution in [0.4, 0.5) is 0 Å². The predicted octanol–water partition coefficient (Wildman–Crippen LogP) is 3.97. The van der Waals surface area contributed by atoms with Gasteiger partial charge in [0.1, 0.15) is 24.7 Å². The van der Waals surface area contributed by atoms with Crippen molar-refractivity contribution in [2.45, 2.75) is 13.2 Å². The van der Waals surface area contributed by atoms with E-state index in [9.17, 15) is 0 Å². The average molecular weight is 398 g/mol. The monoisotopic (exact) mass is 398 g/mol. The maximum Gasteiger partial charge on any atom is 0.150 e. The Morgan fingerprint density at radius 2 is 1.53 bits per heavy atom. The number of amidine groups is 1. The molecule has 0 aliphatic heterocycles. The summed E-state index contributed by atoms with van der Waals surface area (Å²) in [5, 5.41) is 4.68. The second-order valence-electron chi connectivity index (χ2n) is 6.72. The number of ether oxygens (including phenoxy) is 2.